The molecule has 1 aromatic carbocycles. The number of aromatic nitrogens is 2. The van der Waals surface area contributed by atoms with E-state index in [1.54, 1.807) is 15.6 Å². The molecule has 0 N–H and O–H groups in total. The number of unbranched alkanes of at least 4 members (excludes halogenated alkanes) is 1. The number of nitrogens with zero attached hydrogens (tertiary/aromatic N) is 3. The predicted octanol–water partition coefficient (Wildman–Crippen LogP) is 2.28. The molecule has 1 heterocycles. The van der Waals surface area contributed by atoms with Crippen LogP contribution in [0.1, 0.15) is 19.8 Å². The molecule has 0 aliphatic rings. The third-order valence-corrected chi connectivity index (χ3v) is 3.76. The van der Waals surface area contributed by atoms with Gasteiger partial charge in [-0.25, -0.2) is 13.7 Å². The minimum atomic E-state index is 0.0168. The van der Waals surface area contributed by atoms with Crippen LogP contribution in [0.25, 0.3) is 0 Å². The van der Waals surface area contributed by atoms with Crippen LogP contribution in [0.3, 0.4) is 0 Å². The summed E-state index contributed by atoms with van der Waals surface area (Å²) in [7, 11) is 1.77. The molecular formula is C13H17N3OS. The molecular weight excluding hydrogens is 246 g/mol. The van der Waals surface area contributed by atoms with E-state index in [4.69, 9.17) is 0 Å². The van der Waals surface area contributed by atoms with Crippen molar-refractivity contribution in [1.82, 2.24) is 8.52 Å². The van der Waals surface area contributed by atoms with Gasteiger partial charge in [-0.15, -0.1) is 0 Å². The Hall–Kier alpha value is -1.62. The molecule has 0 saturated carbocycles. The predicted molar refractivity (Wildman–Crippen MR) is 74.1 cm³/mol. The molecule has 0 aliphatic carbocycles. The summed E-state index contributed by atoms with van der Waals surface area (Å²) in [5.74, 6) is 0. The molecule has 1 aromatic heterocycles. The summed E-state index contributed by atoms with van der Waals surface area (Å²) in [5, 5.41) is 0. The highest BCUT2D eigenvalue weighted by Gasteiger charge is 2.04. The molecule has 5 heteroatoms. The maximum atomic E-state index is 12.0. The zero-order valence-electron chi connectivity index (χ0n) is 10.7. The Morgan fingerprint density at radius 1 is 1.28 bits per heavy atom. The van der Waals surface area contributed by atoms with Crippen LogP contribution in [0.2, 0.25) is 0 Å². The maximum Gasteiger partial charge on any atom is 0.339 e. The average molecular weight is 263 g/mol. The maximum absolute atomic E-state index is 12.0. The average Bonchev–Trinajstić information content (AvgIpc) is 2.66. The second kappa shape index (κ2) is 5.82. The number of hydrogen-bond acceptors (Lipinski definition) is 3. The molecule has 2 aromatic rings. The van der Waals surface area contributed by atoms with Crippen molar-refractivity contribution in [2.75, 3.05) is 0 Å². The molecule has 0 radical (unpaired) electrons. The van der Waals surface area contributed by atoms with Gasteiger partial charge in [0.25, 0.3) is 0 Å². The van der Waals surface area contributed by atoms with Crippen LogP contribution in [0.5, 0.6) is 0 Å². The van der Waals surface area contributed by atoms with Crippen LogP contribution in [0, 0.1) is 0 Å². The fraction of sp³-hybridized carbons (Fsp3) is 0.385. The third kappa shape index (κ3) is 2.79. The molecule has 0 atom stereocenters. The van der Waals surface area contributed by atoms with Crippen molar-refractivity contribution in [2.24, 2.45) is 12.0 Å². The van der Waals surface area contributed by atoms with Gasteiger partial charge in [0.2, 0.25) is 4.80 Å². The number of benzene rings is 1. The van der Waals surface area contributed by atoms with Crippen molar-refractivity contribution in [3.05, 3.63) is 45.6 Å². The van der Waals surface area contributed by atoms with E-state index < -0.39 is 0 Å². The molecule has 0 amide bonds. The summed E-state index contributed by atoms with van der Waals surface area (Å²) < 4.78 is 3.37. The molecule has 2 rings (SSSR count). The quantitative estimate of drug-likeness (QED) is 0.834. The zero-order chi connectivity index (χ0) is 13.0. The van der Waals surface area contributed by atoms with Crippen LogP contribution in [-0.4, -0.2) is 8.52 Å². The first-order chi connectivity index (χ1) is 8.72. The minimum absolute atomic E-state index is 0.0168. The lowest BCUT2D eigenvalue weighted by Gasteiger charge is -1.94. The highest BCUT2D eigenvalue weighted by atomic mass is 32.1. The topological polar surface area (TPSA) is 39.3 Å². The second-order valence-electron chi connectivity index (χ2n) is 4.12. The Labute approximate surface area is 110 Å². The Morgan fingerprint density at radius 3 is 2.67 bits per heavy atom. The fourth-order valence-corrected chi connectivity index (χ4v) is 2.56. The van der Waals surface area contributed by atoms with Gasteiger partial charge in [-0.1, -0.05) is 31.5 Å². The molecule has 0 bridgehead atoms. The summed E-state index contributed by atoms with van der Waals surface area (Å²) in [6, 6.07) is 9.69. The molecule has 0 spiro atoms. The van der Waals surface area contributed by atoms with Gasteiger partial charge >= 0.3 is 5.69 Å². The van der Waals surface area contributed by atoms with Gasteiger partial charge in [-0.3, -0.25) is 4.57 Å². The summed E-state index contributed by atoms with van der Waals surface area (Å²) in [4.78, 5) is 17.2. The standard InChI is InChI=1S/C13H17N3OS/c1-3-4-10-16-13(17)15(2)12(18-16)14-11-8-6-5-7-9-11/h5-9H,3-4,10H2,1-2H3. The summed E-state index contributed by atoms with van der Waals surface area (Å²) >= 11 is 1.42. The lowest BCUT2D eigenvalue weighted by Crippen LogP contribution is -2.26. The molecule has 0 fully saturated rings. The van der Waals surface area contributed by atoms with Crippen molar-refractivity contribution < 1.29 is 0 Å². The van der Waals surface area contributed by atoms with Gasteiger partial charge in [0.1, 0.15) is 0 Å². The second-order valence-corrected chi connectivity index (χ2v) is 5.11. The Bertz CT molecular complexity index is 622. The van der Waals surface area contributed by atoms with E-state index in [0.29, 0.717) is 0 Å². The Balaban J connectivity index is 2.40. The zero-order valence-corrected chi connectivity index (χ0v) is 11.5. The molecule has 18 heavy (non-hydrogen) atoms. The van der Waals surface area contributed by atoms with Crippen LogP contribution in [0.4, 0.5) is 5.69 Å². The number of hydrogen-bond donors (Lipinski definition) is 0. The lowest BCUT2D eigenvalue weighted by molar-refractivity contribution is 0.627. The van der Waals surface area contributed by atoms with E-state index in [0.717, 1.165) is 29.9 Å². The van der Waals surface area contributed by atoms with Crippen molar-refractivity contribution in [2.45, 2.75) is 26.3 Å². The number of aryl methyl sites for hydroxylation is 1. The van der Waals surface area contributed by atoms with Crippen LogP contribution in [0.15, 0.2) is 40.1 Å². The SMILES string of the molecule is CCCCn1sc(=Nc2ccccc2)n(C)c1=O. The van der Waals surface area contributed by atoms with Crippen molar-refractivity contribution in [3.8, 4) is 0 Å². The Kier molecular flexibility index (Phi) is 4.15. The molecule has 96 valence electrons. The lowest BCUT2D eigenvalue weighted by atomic mass is 10.3. The first-order valence-corrected chi connectivity index (χ1v) is 6.86. The van der Waals surface area contributed by atoms with Crippen LogP contribution >= 0.6 is 11.5 Å². The van der Waals surface area contributed by atoms with Gasteiger partial charge in [-0.05, 0) is 30.1 Å². The van der Waals surface area contributed by atoms with E-state index in [-0.39, 0.29) is 5.69 Å². The first-order valence-electron chi connectivity index (χ1n) is 6.09. The summed E-state index contributed by atoms with van der Waals surface area (Å²) in [6.45, 7) is 2.89. The first kappa shape index (κ1) is 12.8. The molecule has 0 unspecified atom stereocenters. The van der Waals surface area contributed by atoms with Crippen molar-refractivity contribution in [3.63, 3.8) is 0 Å². The molecule has 0 aliphatic heterocycles. The van der Waals surface area contributed by atoms with Gasteiger partial charge < -0.3 is 0 Å². The van der Waals surface area contributed by atoms with E-state index in [2.05, 4.69) is 11.9 Å². The minimum Gasteiger partial charge on any atom is -0.271 e. The van der Waals surface area contributed by atoms with Gasteiger partial charge in [0.05, 0.1) is 5.69 Å². The van der Waals surface area contributed by atoms with Gasteiger partial charge in [0.15, 0.2) is 0 Å². The Morgan fingerprint density at radius 2 is 2.00 bits per heavy atom. The monoisotopic (exact) mass is 263 g/mol. The van der Waals surface area contributed by atoms with E-state index in [1.807, 2.05) is 30.3 Å². The van der Waals surface area contributed by atoms with Gasteiger partial charge in [0, 0.05) is 13.6 Å². The summed E-state index contributed by atoms with van der Waals surface area (Å²) in [6.07, 6.45) is 2.10. The van der Waals surface area contributed by atoms with E-state index in [9.17, 15) is 4.79 Å². The number of rotatable bonds is 4. The summed E-state index contributed by atoms with van der Waals surface area (Å²) in [5.41, 5.74) is 0.889. The highest BCUT2D eigenvalue weighted by Crippen LogP contribution is 2.08. The fourth-order valence-electron chi connectivity index (χ4n) is 1.60. The molecule has 4 nitrogen and oxygen atoms in total. The smallest absolute Gasteiger partial charge is 0.271 e. The van der Waals surface area contributed by atoms with E-state index in [1.165, 1.54) is 11.5 Å². The highest BCUT2D eigenvalue weighted by molar-refractivity contribution is 7.03. The van der Waals surface area contributed by atoms with E-state index >= 15 is 0 Å². The largest absolute Gasteiger partial charge is 0.339 e. The third-order valence-electron chi connectivity index (χ3n) is 2.67. The van der Waals surface area contributed by atoms with Gasteiger partial charge in [-0.2, -0.15) is 0 Å². The normalized spacial score (nSPS) is 12.0. The molecule has 0 saturated heterocycles. The van der Waals surface area contributed by atoms with Crippen LogP contribution < -0.4 is 10.5 Å². The van der Waals surface area contributed by atoms with Crippen molar-refractivity contribution in [1.29, 1.82) is 0 Å². The number of para-hydroxylation sites is 1. The van der Waals surface area contributed by atoms with Crippen LogP contribution in [-0.2, 0) is 13.6 Å². The van der Waals surface area contributed by atoms with Crippen molar-refractivity contribution >= 4 is 17.2 Å².